The van der Waals surface area contributed by atoms with Gasteiger partial charge in [0.1, 0.15) is 6.79 Å². The summed E-state index contributed by atoms with van der Waals surface area (Å²) in [5.41, 5.74) is 3.20. The number of ether oxygens (including phenoxy) is 2. The lowest BCUT2D eigenvalue weighted by molar-refractivity contribution is -0.0819. The van der Waals surface area contributed by atoms with Gasteiger partial charge in [-0.25, -0.2) is 0 Å². The third-order valence-corrected chi connectivity index (χ3v) is 12.5. The fraction of sp³-hybridized carbons (Fsp3) is 0.806. The van der Waals surface area contributed by atoms with Gasteiger partial charge in [0.05, 0.1) is 13.2 Å². The summed E-state index contributed by atoms with van der Waals surface area (Å²) in [6, 6.07) is 9.82. The summed E-state index contributed by atoms with van der Waals surface area (Å²) < 4.78 is 18.7. The normalized spacial score (nSPS) is 22.9. The number of benzene rings is 1. The van der Waals surface area contributed by atoms with Crippen molar-refractivity contribution in [2.45, 2.75) is 97.4 Å². The smallest absolute Gasteiger partial charge is 0.146 e. The van der Waals surface area contributed by atoms with Crippen LogP contribution in [0.2, 0.25) is 0 Å². The van der Waals surface area contributed by atoms with Gasteiger partial charge in [-0.1, -0.05) is 57.0 Å². The molecule has 1 aliphatic heterocycles. The van der Waals surface area contributed by atoms with E-state index in [2.05, 4.69) is 56.9 Å². The maximum absolute atomic E-state index is 7.12. The number of aryl methyl sites for hydroxylation is 1. The van der Waals surface area contributed by atoms with E-state index in [1.165, 1.54) is 86.3 Å². The van der Waals surface area contributed by atoms with Crippen molar-refractivity contribution in [1.82, 2.24) is 4.90 Å². The number of likely N-dealkylation sites (tertiary alicyclic amines) is 1. The van der Waals surface area contributed by atoms with Gasteiger partial charge < -0.3 is 13.7 Å². The van der Waals surface area contributed by atoms with Gasteiger partial charge >= 0.3 is 0 Å². The zero-order valence-electron chi connectivity index (χ0n) is 24.1. The fourth-order valence-electron chi connectivity index (χ4n) is 6.44. The average Bonchev–Trinajstić information content (AvgIpc) is 2.84. The van der Waals surface area contributed by atoms with Crippen LogP contribution in [0, 0.1) is 12.8 Å². The third-order valence-electron chi connectivity index (χ3n) is 8.43. The molecule has 0 aromatic heterocycles. The molecule has 1 heterocycles. The molecule has 208 valence electrons. The molecule has 5 heteroatoms. The molecule has 1 saturated heterocycles. The lowest BCUT2D eigenvalue weighted by atomic mass is 9.63. The minimum atomic E-state index is -1.01. The van der Waals surface area contributed by atoms with Crippen LogP contribution in [0.15, 0.2) is 24.3 Å². The van der Waals surface area contributed by atoms with Crippen LogP contribution in [0.1, 0.15) is 90.2 Å². The average molecular weight is 522 g/mol. The Morgan fingerprint density at radius 1 is 0.889 bits per heavy atom. The Morgan fingerprint density at radius 3 is 2.11 bits per heavy atom. The Labute approximate surface area is 224 Å². The summed E-state index contributed by atoms with van der Waals surface area (Å²) in [6.45, 7) is 16.3. The van der Waals surface area contributed by atoms with E-state index in [9.17, 15) is 0 Å². The lowest BCUT2D eigenvalue weighted by Gasteiger charge is -2.51. The maximum Gasteiger partial charge on any atom is 0.146 e. The SMILES string of the molecule is CCCS(CCC)(CCC)OC[C@@H]1[C@H](COCOCC)CCCN1CC1(c2ccc(C)cc2)CCC1. The molecule has 0 spiro atoms. The monoisotopic (exact) mass is 521 g/mol. The first-order valence-electron chi connectivity index (χ1n) is 14.9. The number of hydrogen-bond acceptors (Lipinski definition) is 4. The van der Waals surface area contributed by atoms with Gasteiger partial charge in [0.2, 0.25) is 0 Å². The van der Waals surface area contributed by atoms with Crippen LogP contribution in [0.5, 0.6) is 0 Å². The molecule has 0 N–H and O–H groups in total. The van der Waals surface area contributed by atoms with Gasteiger partial charge in [-0.05, 0) is 88.2 Å². The lowest BCUT2D eigenvalue weighted by Crippen LogP contribution is -2.55. The molecule has 1 saturated carbocycles. The van der Waals surface area contributed by atoms with E-state index in [4.69, 9.17) is 13.7 Å². The van der Waals surface area contributed by atoms with Crippen LogP contribution in [0.4, 0.5) is 0 Å². The Bertz CT molecular complexity index is 719. The van der Waals surface area contributed by atoms with Crippen molar-refractivity contribution in [3.8, 4) is 0 Å². The number of hydrogen-bond donors (Lipinski definition) is 0. The topological polar surface area (TPSA) is 30.9 Å². The second kappa shape index (κ2) is 15.1. The standard InChI is InChI=1S/C31H55NO3S/c1-6-20-36(21-7-2,22-8-3)35-24-30-28(23-34-26-33-9-4)12-10-19-32(30)25-31(17-11-18-31)29-15-13-27(5)14-16-29/h13-16,28,30H,6-12,17-26H2,1-5H3/t28-,30+/m0/s1. The Morgan fingerprint density at radius 2 is 1.56 bits per heavy atom. The van der Waals surface area contributed by atoms with Crippen molar-refractivity contribution < 1.29 is 13.7 Å². The summed E-state index contributed by atoms with van der Waals surface area (Å²) in [4.78, 5) is 2.81. The molecule has 0 bridgehead atoms. The van der Waals surface area contributed by atoms with E-state index in [0.717, 1.165) is 19.8 Å². The number of rotatable bonds is 17. The predicted molar refractivity (Wildman–Crippen MR) is 156 cm³/mol. The predicted octanol–water partition coefficient (Wildman–Crippen LogP) is 7.47. The Balaban J connectivity index is 1.79. The van der Waals surface area contributed by atoms with Gasteiger partial charge in [-0.3, -0.25) is 4.90 Å². The summed E-state index contributed by atoms with van der Waals surface area (Å²) in [5, 5.41) is 0. The molecular weight excluding hydrogens is 466 g/mol. The molecule has 0 radical (unpaired) electrons. The van der Waals surface area contributed by atoms with Crippen LogP contribution in [-0.4, -0.2) is 67.9 Å². The van der Waals surface area contributed by atoms with Gasteiger partial charge in [-0.2, -0.15) is 0 Å². The molecule has 0 unspecified atom stereocenters. The molecule has 2 atom stereocenters. The zero-order valence-corrected chi connectivity index (χ0v) is 24.9. The highest BCUT2D eigenvalue weighted by Crippen LogP contribution is 2.52. The first-order chi connectivity index (χ1) is 17.5. The van der Waals surface area contributed by atoms with Crippen molar-refractivity contribution in [1.29, 1.82) is 0 Å². The summed E-state index contributed by atoms with van der Waals surface area (Å²) in [7, 11) is -1.01. The van der Waals surface area contributed by atoms with Crippen LogP contribution < -0.4 is 0 Å². The first kappa shape index (κ1) is 30.0. The van der Waals surface area contributed by atoms with Gasteiger partial charge in [-0.15, -0.1) is 10.3 Å². The van der Waals surface area contributed by atoms with Gasteiger partial charge in [0.15, 0.2) is 0 Å². The summed E-state index contributed by atoms with van der Waals surface area (Å²) >= 11 is 0. The third kappa shape index (κ3) is 7.96. The first-order valence-corrected chi connectivity index (χ1v) is 17.0. The highest BCUT2D eigenvalue weighted by Gasteiger charge is 2.43. The molecule has 1 aromatic rings. The van der Waals surface area contributed by atoms with Crippen molar-refractivity contribution in [2.75, 3.05) is 57.0 Å². The van der Waals surface area contributed by atoms with E-state index in [1.54, 1.807) is 0 Å². The highest BCUT2D eigenvalue weighted by molar-refractivity contribution is 8.29. The van der Waals surface area contributed by atoms with Crippen LogP contribution in [0.25, 0.3) is 0 Å². The molecule has 3 rings (SSSR count). The molecule has 0 amide bonds. The van der Waals surface area contributed by atoms with E-state index in [-0.39, 0.29) is 0 Å². The van der Waals surface area contributed by atoms with Crippen LogP contribution >= 0.6 is 10.3 Å². The minimum Gasteiger partial charge on any atom is -0.356 e. The summed E-state index contributed by atoms with van der Waals surface area (Å²) in [5.74, 6) is 4.26. The second-order valence-corrected chi connectivity index (χ2v) is 14.7. The van der Waals surface area contributed by atoms with E-state index in [1.807, 2.05) is 6.92 Å². The van der Waals surface area contributed by atoms with Gasteiger partial charge in [0.25, 0.3) is 0 Å². The maximum atomic E-state index is 7.12. The number of nitrogens with zero attached hydrogens (tertiary/aromatic N) is 1. The second-order valence-electron chi connectivity index (χ2n) is 11.3. The molecule has 2 aliphatic rings. The molecule has 2 fully saturated rings. The molecule has 1 aliphatic carbocycles. The van der Waals surface area contributed by atoms with Crippen molar-refractivity contribution in [3.63, 3.8) is 0 Å². The zero-order chi connectivity index (χ0) is 25.9. The van der Waals surface area contributed by atoms with E-state index >= 15 is 0 Å². The van der Waals surface area contributed by atoms with Gasteiger partial charge in [0, 0.05) is 30.5 Å². The molecule has 1 aromatic carbocycles. The summed E-state index contributed by atoms with van der Waals surface area (Å²) in [6.07, 6.45) is 10.1. The largest absolute Gasteiger partial charge is 0.356 e. The molecular formula is C31H55NO3S. The Hall–Kier alpha value is -0.590. The van der Waals surface area contributed by atoms with Crippen molar-refractivity contribution >= 4 is 10.3 Å². The Kier molecular flexibility index (Phi) is 12.6. The van der Waals surface area contributed by atoms with Crippen molar-refractivity contribution in [3.05, 3.63) is 35.4 Å². The number of piperidine rings is 1. The van der Waals surface area contributed by atoms with E-state index < -0.39 is 10.3 Å². The van der Waals surface area contributed by atoms with Crippen molar-refractivity contribution in [2.24, 2.45) is 5.92 Å². The highest BCUT2D eigenvalue weighted by atomic mass is 32.3. The quantitative estimate of drug-likeness (QED) is 0.157. The van der Waals surface area contributed by atoms with Crippen LogP contribution in [-0.2, 0) is 19.1 Å². The minimum absolute atomic E-state index is 0.306. The molecule has 4 nitrogen and oxygen atoms in total. The fourth-order valence-corrected chi connectivity index (χ4v) is 10.1. The van der Waals surface area contributed by atoms with Crippen LogP contribution in [0.3, 0.4) is 0 Å². The van der Waals surface area contributed by atoms with E-state index in [0.29, 0.717) is 30.8 Å². The molecule has 36 heavy (non-hydrogen) atoms.